The second-order valence-electron chi connectivity index (χ2n) is 7.34. The number of amides is 2. The van der Waals surface area contributed by atoms with Crippen LogP contribution >= 0.6 is 0 Å². The molecule has 2 amide bonds. The molecule has 1 heterocycles. The number of nitrogens with zero attached hydrogens (tertiary/aromatic N) is 1. The fourth-order valence-corrected chi connectivity index (χ4v) is 3.71. The maximum absolute atomic E-state index is 12.8. The summed E-state index contributed by atoms with van der Waals surface area (Å²) in [6.07, 6.45) is 0.118. The van der Waals surface area contributed by atoms with Crippen molar-refractivity contribution in [3.05, 3.63) is 90.0 Å². The smallest absolute Gasteiger partial charge is 0.229 e. The summed E-state index contributed by atoms with van der Waals surface area (Å²) in [5.74, 6) is -0.405. The Balaban J connectivity index is 1.47. The molecule has 1 aliphatic heterocycles. The van der Waals surface area contributed by atoms with Gasteiger partial charge in [-0.1, -0.05) is 54.6 Å². The number of hydrogen-bond acceptors (Lipinski definition) is 4. The average molecular weight is 414 g/mol. The van der Waals surface area contributed by atoms with Crippen molar-refractivity contribution in [2.75, 3.05) is 23.9 Å². The molecule has 0 aromatic heterocycles. The van der Waals surface area contributed by atoms with Crippen LogP contribution in [-0.2, 0) is 9.59 Å². The number of anilines is 2. The molecule has 0 saturated carbocycles. The summed E-state index contributed by atoms with van der Waals surface area (Å²) >= 11 is 0. The lowest BCUT2D eigenvalue weighted by molar-refractivity contribution is -0.122. The van der Waals surface area contributed by atoms with Gasteiger partial charge >= 0.3 is 0 Å². The number of hydrogen-bond donors (Lipinski definition) is 1. The molecule has 1 aliphatic rings. The number of rotatable bonds is 6. The van der Waals surface area contributed by atoms with E-state index >= 15 is 0 Å². The molecular formula is C25H22N2O4. The number of nitrogens with one attached hydrogen (secondary N) is 1. The van der Waals surface area contributed by atoms with E-state index in [1.807, 2.05) is 30.3 Å². The minimum atomic E-state index is -0.495. The first-order chi connectivity index (χ1) is 15.1. The van der Waals surface area contributed by atoms with Crippen LogP contribution in [0.3, 0.4) is 0 Å². The van der Waals surface area contributed by atoms with Gasteiger partial charge in [-0.15, -0.1) is 0 Å². The number of carbonyl (C=O) groups is 3. The maximum Gasteiger partial charge on any atom is 0.229 e. The Morgan fingerprint density at radius 2 is 1.65 bits per heavy atom. The Hall–Kier alpha value is -3.93. The van der Waals surface area contributed by atoms with E-state index in [4.69, 9.17) is 4.74 Å². The minimum Gasteiger partial charge on any atom is -0.495 e. The topological polar surface area (TPSA) is 75.7 Å². The van der Waals surface area contributed by atoms with Crippen molar-refractivity contribution < 1.29 is 19.1 Å². The molecule has 0 aliphatic carbocycles. The molecule has 1 unspecified atom stereocenters. The average Bonchev–Trinajstić information content (AvgIpc) is 3.21. The highest BCUT2D eigenvalue weighted by Crippen LogP contribution is 2.33. The SMILES string of the molecule is COc1ccccc1N1CC(C(=O)Nc2cccc(C(=O)c3ccccc3)c2)CC1=O. The van der Waals surface area contributed by atoms with Gasteiger partial charge in [0.2, 0.25) is 11.8 Å². The molecule has 1 atom stereocenters. The van der Waals surface area contributed by atoms with Gasteiger partial charge in [0.25, 0.3) is 0 Å². The van der Waals surface area contributed by atoms with Crippen LogP contribution in [0.5, 0.6) is 5.75 Å². The molecule has 4 rings (SSSR count). The van der Waals surface area contributed by atoms with Crippen LogP contribution < -0.4 is 15.0 Å². The van der Waals surface area contributed by atoms with E-state index in [0.29, 0.717) is 28.3 Å². The minimum absolute atomic E-state index is 0.116. The van der Waals surface area contributed by atoms with Crippen molar-refractivity contribution in [2.45, 2.75) is 6.42 Å². The van der Waals surface area contributed by atoms with Crippen LogP contribution in [0.2, 0.25) is 0 Å². The first-order valence-corrected chi connectivity index (χ1v) is 10.0. The van der Waals surface area contributed by atoms with Gasteiger partial charge < -0.3 is 15.0 Å². The summed E-state index contributed by atoms with van der Waals surface area (Å²) in [6.45, 7) is 0.272. The quantitative estimate of drug-likeness (QED) is 0.621. The first kappa shape index (κ1) is 20.3. The summed E-state index contributed by atoms with van der Waals surface area (Å²) in [5, 5.41) is 2.85. The van der Waals surface area contributed by atoms with E-state index in [0.717, 1.165) is 0 Å². The monoisotopic (exact) mass is 414 g/mol. The zero-order valence-electron chi connectivity index (χ0n) is 17.1. The molecule has 0 spiro atoms. The lowest BCUT2D eigenvalue weighted by Gasteiger charge is -2.19. The molecule has 1 N–H and O–H groups in total. The number of para-hydroxylation sites is 2. The van der Waals surface area contributed by atoms with Gasteiger partial charge in [0.1, 0.15) is 5.75 Å². The Labute approximate surface area is 180 Å². The third kappa shape index (κ3) is 4.33. The summed E-state index contributed by atoms with van der Waals surface area (Å²) in [7, 11) is 1.55. The van der Waals surface area contributed by atoms with Crippen molar-refractivity contribution in [3.63, 3.8) is 0 Å². The predicted molar refractivity (Wildman–Crippen MR) is 118 cm³/mol. The van der Waals surface area contributed by atoms with Crippen molar-refractivity contribution in [1.82, 2.24) is 0 Å². The highest BCUT2D eigenvalue weighted by Gasteiger charge is 2.36. The molecule has 6 nitrogen and oxygen atoms in total. The summed E-state index contributed by atoms with van der Waals surface area (Å²) in [5.41, 5.74) is 2.25. The number of methoxy groups -OCH3 is 1. The molecule has 0 radical (unpaired) electrons. The molecule has 156 valence electrons. The molecule has 1 fully saturated rings. The lowest BCUT2D eigenvalue weighted by Crippen LogP contribution is -2.28. The normalized spacial score (nSPS) is 15.6. The van der Waals surface area contributed by atoms with E-state index in [1.54, 1.807) is 60.5 Å². The number of ether oxygens (including phenoxy) is 1. The first-order valence-electron chi connectivity index (χ1n) is 10.0. The van der Waals surface area contributed by atoms with Crippen LogP contribution in [0.4, 0.5) is 11.4 Å². The van der Waals surface area contributed by atoms with Crippen LogP contribution in [-0.4, -0.2) is 31.3 Å². The fraction of sp³-hybridized carbons (Fsp3) is 0.160. The maximum atomic E-state index is 12.8. The van der Waals surface area contributed by atoms with Gasteiger partial charge in [-0.2, -0.15) is 0 Å². The standard InChI is InChI=1S/C25H22N2O4/c1-31-22-13-6-5-12-21(22)27-16-19(15-23(27)28)25(30)26-20-11-7-10-18(14-20)24(29)17-8-3-2-4-9-17/h2-14,19H,15-16H2,1H3,(H,26,30). The van der Waals surface area contributed by atoms with Gasteiger partial charge in [0.15, 0.2) is 5.78 Å². The van der Waals surface area contributed by atoms with Crippen molar-refractivity contribution >= 4 is 29.0 Å². The Bertz CT molecular complexity index is 1130. The second-order valence-corrected chi connectivity index (χ2v) is 7.34. The molecular weight excluding hydrogens is 392 g/mol. The number of carbonyl (C=O) groups excluding carboxylic acids is 3. The molecule has 1 saturated heterocycles. The zero-order chi connectivity index (χ0) is 21.8. The van der Waals surface area contributed by atoms with Gasteiger partial charge in [-0.05, 0) is 24.3 Å². The Morgan fingerprint density at radius 3 is 2.42 bits per heavy atom. The Kier molecular flexibility index (Phi) is 5.80. The van der Waals surface area contributed by atoms with Gasteiger partial charge in [-0.3, -0.25) is 14.4 Å². The van der Waals surface area contributed by atoms with Gasteiger partial charge in [-0.25, -0.2) is 0 Å². The number of benzene rings is 3. The summed E-state index contributed by atoms with van der Waals surface area (Å²) < 4.78 is 5.34. The third-order valence-corrected chi connectivity index (χ3v) is 5.30. The highest BCUT2D eigenvalue weighted by molar-refractivity contribution is 6.10. The van der Waals surface area contributed by atoms with Crippen molar-refractivity contribution in [2.24, 2.45) is 5.92 Å². The van der Waals surface area contributed by atoms with Gasteiger partial charge in [0, 0.05) is 29.8 Å². The number of ketones is 1. The largest absolute Gasteiger partial charge is 0.495 e. The van der Waals surface area contributed by atoms with Crippen molar-refractivity contribution in [3.8, 4) is 5.75 Å². The third-order valence-electron chi connectivity index (χ3n) is 5.30. The lowest BCUT2D eigenvalue weighted by atomic mass is 10.0. The molecule has 3 aromatic carbocycles. The summed E-state index contributed by atoms with van der Waals surface area (Å²) in [4.78, 5) is 39.6. The van der Waals surface area contributed by atoms with E-state index in [2.05, 4.69) is 5.32 Å². The predicted octanol–water partition coefficient (Wildman–Crippen LogP) is 3.92. The molecule has 31 heavy (non-hydrogen) atoms. The van der Waals surface area contributed by atoms with E-state index in [1.165, 1.54) is 0 Å². The van der Waals surface area contributed by atoms with Crippen LogP contribution in [0.25, 0.3) is 0 Å². The van der Waals surface area contributed by atoms with E-state index < -0.39 is 5.92 Å². The van der Waals surface area contributed by atoms with Gasteiger partial charge in [0.05, 0.1) is 18.7 Å². The van der Waals surface area contributed by atoms with E-state index in [9.17, 15) is 14.4 Å². The fourth-order valence-electron chi connectivity index (χ4n) is 3.71. The molecule has 3 aromatic rings. The van der Waals surface area contributed by atoms with Crippen LogP contribution in [0.1, 0.15) is 22.3 Å². The van der Waals surface area contributed by atoms with Crippen LogP contribution in [0, 0.1) is 5.92 Å². The van der Waals surface area contributed by atoms with Crippen LogP contribution in [0.15, 0.2) is 78.9 Å². The van der Waals surface area contributed by atoms with Crippen molar-refractivity contribution in [1.29, 1.82) is 0 Å². The highest BCUT2D eigenvalue weighted by atomic mass is 16.5. The molecule has 6 heteroatoms. The Morgan fingerprint density at radius 1 is 0.935 bits per heavy atom. The zero-order valence-corrected chi connectivity index (χ0v) is 17.1. The molecule has 0 bridgehead atoms. The summed E-state index contributed by atoms with van der Waals surface area (Å²) in [6, 6.07) is 23.0. The van der Waals surface area contributed by atoms with E-state index in [-0.39, 0.29) is 30.6 Å². The second kappa shape index (κ2) is 8.83.